The van der Waals surface area contributed by atoms with Crippen molar-refractivity contribution in [2.45, 2.75) is 25.8 Å². The van der Waals surface area contributed by atoms with Crippen molar-refractivity contribution in [3.05, 3.63) is 0 Å². The second kappa shape index (κ2) is 4.94. The van der Waals surface area contributed by atoms with Gasteiger partial charge >= 0.3 is 0 Å². The molecule has 2 heterocycles. The number of nitrogens with one attached hydrogen (secondary N) is 2. The first-order valence-electron chi connectivity index (χ1n) is 6.06. The standard InChI is InChI=1S/C11H21N3O/c1-2-10-9(3-4-13-10)11(15)14-7-5-12-6-8-14/h9-10,12-13H,2-8H2,1H3. The van der Waals surface area contributed by atoms with Crippen LogP contribution in [0.4, 0.5) is 0 Å². The molecule has 0 aliphatic carbocycles. The SMILES string of the molecule is CCC1NCCC1C(=O)N1CCNCC1. The molecule has 2 aliphatic rings. The van der Waals surface area contributed by atoms with Crippen molar-refractivity contribution < 1.29 is 4.79 Å². The lowest BCUT2D eigenvalue weighted by Gasteiger charge is -2.31. The molecule has 2 N–H and O–H groups in total. The minimum atomic E-state index is 0.230. The van der Waals surface area contributed by atoms with Crippen LogP contribution in [0.5, 0.6) is 0 Å². The van der Waals surface area contributed by atoms with Crippen LogP contribution in [0.1, 0.15) is 19.8 Å². The van der Waals surface area contributed by atoms with E-state index in [0.29, 0.717) is 11.9 Å². The number of carbonyl (C=O) groups excluding carboxylic acids is 1. The van der Waals surface area contributed by atoms with Gasteiger partial charge in [0, 0.05) is 32.2 Å². The molecule has 0 saturated carbocycles. The summed E-state index contributed by atoms with van der Waals surface area (Å²) in [6, 6.07) is 0.410. The molecule has 0 spiro atoms. The summed E-state index contributed by atoms with van der Waals surface area (Å²) in [5.74, 6) is 0.599. The Hall–Kier alpha value is -0.610. The minimum Gasteiger partial charge on any atom is -0.340 e. The van der Waals surface area contributed by atoms with Crippen molar-refractivity contribution in [1.82, 2.24) is 15.5 Å². The summed E-state index contributed by atoms with van der Waals surface area (Å²) in [5.41, 5.74) is 0. The van der Waals surface area contributed by atoms with E-state index in [1.165, 1.54) is 0 Å². The summed E-state index contributed by atoms with van der Waals surface area (Å²) in [7, 11) is 0. The van der Waals surface area contributed by atoms with Gasteiger partial charge in [-0.05, 0) is 19.4 Å². The van der Waals surface area contributed by atoms with E-state index in [1.807, 2.05) is 4.90 Å². The third-order valence-corrected chi connectivity index (χ3v) is 3.53. The molecule has 15 heavy (non-hydrogen) atoms. The van der Waals surface area contributed by atoms with E-state index in [-0.39, 0.29) is 5.92 Å². The molecule has 0 aromatic heterocycles. The van der Waals surface area contributed by atoms with Gasteiger partial charge in [0.15, 0.2) is 0 Å². The number of carbonyl (C=O) groups is 1. The second-order valence-electron chi connectivity index (χ2n) is 4.44. The van der Waals surface area contributed by atoms with Gasteiger partial charge in [0.2, 0.25) is 5.91 Å². The zero-order valence-corrected chi connectivity index (χ0v) is 9.46. The molecule has 2 saturated heterocycles. The van der Waals surface area contributed by atoms with Crippen molar-refractivity contribution in [3.63, 3.8) is 0 Å². The number of rotatable bonds is 2. The van der Waals surface area contributed by atoms with E-state index in [9.17, 15) is 4.79 Å². The molecule has 2 unspecified atom stereocenters. The maximum atomic E-state index is 12.2. The van der Waals surface area contributed by atoms with Crippen molar-refractivity contribution in [2.75, 3.05) is 32.7 Å². The first-order valence-corrected chi connectivity index (χ1v) is 6.06. The molecule has 4 heteroatoms. The van der Waals surface area contributed by atoms with Crippen LogP contribution in [0.3, 0.4) is 0 Å². The monoisotopic (exact) mass is 211 g/mol. The molecule has 2 fully saturated rings. The quantitative estimate of drug-likeness (QED) is 0.665. The number of nitrogens with zero attached hydrogens (tertiary/aromatic N) is 1. The zero-order valence-electron chi connectivity index (χ0n) is 9.46. The summed E-state index contributed by atoms with van der Waals surface area (Å²) in [4.78, 5) is 14.3. The van der Waals surface area contributed by atoms with Crippen LogP contribution in [0.25, 0.3) is 0 Å². The Bertz CT molecular complexity index is 226. The van der Waals surface area contributed by atoms with Crippen LogP contribution in [0.15, 0.2) is 0 Å². The van der Waals surface area contributed by atoms with E-state index in [1.54, 1.807) is 0 Å². The van der Waals surface area contributed by atoms with E-state index in [4.69, 9.17) is 0 Å². The van der Waals surface area contributed by atoms with E-state index < -0.39 is 0 Å². The van der Waals surface area contributed by atoms with Gasteiger partial charge in [-0.25, -0.2) is 0 Å². The average molecular weight is 211 g/mol. The van der Waals surface area contributed by atoms with Crippen molar-refractivity contribution >= 4 is 5.91 Å². The maximum absolute atomic E-state index is 12.2. The van der Waals surface area contributed by atoms with Crippen molar-refractivity contribution in [3.8, 4) is 0 Å². The molecule has 4 nitrogen and oxygen atoms in total. The van der Waals surface area contributed by atoms with Crippen molar-refractivity contribution in [2.24, 2.45) is 5.92 Å². The third-order valence-electron chi connectivity index (χ3n) is 3.53. The normalized spacial score (nSPS) is 31.9. The molecule has 2 rings (SSSR count). The summed E-state index contributed by atoms with van der Waals surface area (Å²) in [6.45, 7) is 6.81. The van der Waals surface area contributed by atoms with Crippen LogP contribution in [-0.2, 0) is 4.79 Å². The smallest absolute Gasteiger partial charge is 0.227 e. The zero-order chi connectivity index (χ0) is 10.7. The Labute approximate surface area is 91.4 Å². The maximum Gasteiger partial charge on any atom is 0.227 e. The molecule has 86 valence electrons. The van der Waals surface area contributed by atoms with E-state index in [2.05, 4.69) is 17.6 Å². The van der Waals surface area contributed by atoms with Gasteiger partial charge in [-0.1, -0.05) is 6.92 Å². The van der Waals surface area contributed by atoms with Crippen LogP contribution in [-0.4, -0.2) is 49.6 Å². The highest BCUT2D eigenvalue weighted by atomic mass is 16.2. The third kappa shape index (κ3) is 2.32. The molecule has 0 aromatic carbocycles. The molecule has 0 radical (unpaired) electrons. The molecule has 0 aromatic rings. The summed E-state index contributed by atoms with van der Waals surface area (Å²) < 4.78 is 0. The number of piperazine rings is 1. The highest BCUT2D eigenvalue weighted by Crippen LogP contribution is 2.20. The first kappa shape index (κ1) is 10.9. The molecule has 2 aliphatic heterocycles. The summed E-state index contributed by atoms with van der Waals surface area (Å²) in [6.07, 6.45) is 2.07. The van der Waals surface area contributed by atoms with E-state index in [0.717, 1.165) is 45.6 Å². The Kier molecular flexibility index (Phi) is 3.59. The minimum absolute atomic E-state index is 0.230. The highest BCUT2D eigenvalue weighted by molar-refractivity contribution is 5.80. The van der Waals surface area contributed by atoms with Gasteiger partial charge in [0.1, 0.15) is 0 Å². The van der Waals surface area contributed by atoms with Crippen LogP contribution >= 0.6 is 0 Å². The lowest BCUT2D eigenvalue weighted by atomic mass is 9.97. The molecular formula is C11H21N3O. The molecular weight excluding hydrogens is 190 g/mol. The fourth-order valence-electron chi connectivity index (χ4n) is 2.61. The lowest BCUT2D eigenvalue weighted by Crippen LogP contribution is -2.50. The number of amides is 1. The van der Waals surface area contributed by atoms with Crippen LogP contribution in [0.2, 0.25) is 0 Å². The largest absolute Gasteiger partial charge is 0.340 e. The second-order valence-corrected chi connectivity index (χ2v) is 4.44. The lowest BCUT2D eigenvalue weighted by molar-refractivity contribution is -0.136. The summed E-state index contributed by atoms with van der Waals surface area (Å²) in [5, 5.41) is 6.69. The number of hydrogen-bond donors (Lipinski definition) is 2. The fraction of sp³-hybridized carbons (Fsp3) is 0.909. The fourth-order valence-corrected chi connectivity index (χ4v) is 2.61. The Morgan fingerprint density at radius 2 is 2.07 bits per heavy atom. The van der Waals surface area contributed by atoms with Gasteiger partial charge in [-0.2, -0.15) is 0 Å². The highest BCUT2D eigenvalue weighted by Gasteiger charge is 2.34. The predicted octanol–water partition coefficient (Wildman–Crippen LogP) is -0.194. The Morgan fingerprint density at radius 3 is 2.73 bits per heavy atom. The number of hydrogen-bond acceptors (Lipinski definition) is 3. The average Bonchev–Trinajstić information content (AvgIpc) is 2.77. The van der Waals surface area contributed by atoms with Gasteiger partial charge in [0.05, 0.1) is 5.92 Å². The Morgan fingerprint density at radius 1 is 1.33 bits per heavy atom. The van der Waals surface area contributed by atoms with Crippen LogP contribution in [0, 0.1) is 5.92 Å². The topological polar surface area (TPSA) is 44.4 Å². The Balaban J connectivity index is 1.93. The molecule has 1 amide bonds. The van der Waals surface area contributed by atoms with Crippen LogP contribution < -0.4 is 10.6 Å². The molecule has 0 bridgehead atoms. The van der Waals surface area contributed by atoms with Gasteiger partial charge in [0.25, 0.3) is 0 Å². The predicted molar refractivity (Wildman–Crippen MR) is 59.6 cm³/mol. The summed E-state index contributed by atoms with van der Waals surface area (Å²) >= 11 is 0. The molecule has 2 atom stereocenters. The van der Waals surface area contributed by atoms with E-state index >= 15 is 0 Å². The van der Waals surface area contributed by atoms with Gasteiger partial charge < -0.3 is 15.5 Å². The van der Waals surface area contributed by atoms with Gasteiger partial charge in [-0.3, -0.25) is 4.79 Å². The van der Waals surface area contributed by atoms with Crippen molar-refractivity contribution in [1.29, 1.82) is 0 Å². The van der Waals surface area contributed by atoms with Gasteiger partial charge in [-0.15, -0.1) is 0 Å². The first-order chi connectivity index (χ1) is 7.33.